The summed E-state index contributed by atoms with van der Waals surface area (Å²) in [7, 11) is 4.72. The van der Waals surface area contributed by atoms with Crippen molar-refractivity contribution in [1.29, 1.82) is 0 Å². The SMILES string of the molecule is COc1cc(CC(=O)N[C@H]2CCCC[C@@H]2C)cc(OC)c1OC. The predicted molar refractivity (Wildman–Crippen MR) is 89.4 cm³/mol. The van der Waals surface area contributed by atoms with Crippen LogP contribution in [0.25, 0.3) is 0 Å². The molecule has 0 radical (unpaired) electrons. The molecule has 1 fully saturated rings. The molecule has 0 aliphatic heterocycles. The van der Waals surface area contributed by atoms with E-state index < -0.39 is 0 Å². The highest BCUT2D eigenvalue weighted by Crippen LogP contribution is 2.38. The maximum Gasteiger partial charge on any atom is 0.224 e. The van der Waals surface area contributed by atoms with Crippen molar-refractivity contribution in [2.75, 3.05) is 21.3 Å². The molecule has 0 spiro atoms. The van der Waals surface area contributed by atoms with Crippen molar-refractivity contribution in [2.24, 2.45) is 5.92 Å². The fraction of sp³-hybridized carbons (Fsp3) is 0.611. The maximum atomic E-state index is 12.4. The zero-order chi connectivity index (χ0) is 16.8. The second kappa shape index (κ2) is 8.09. The molecule has 1 N–H and O–H groups in total. The van der Waals surface area contributed by atoms with Crippen LogP contribution in [0.4, 0.5) is 0 Å². The quantitative estimate of drug-likeness (QED) is 0.875. The molecule has 0 aromatic heterocycles. The molecule has 0 bridgehead atoms. The Morgan fingerprint density at radius 1 is 1.09 bits per heavy atom. The lowest BCUT2D eigenvalue weighted by atomic mass is 9.86. The van der Waals surface area contributed by atoms with Crippen LogP contribution in [-0.4, -0.2) is 33.3 Å². The van der Waals surface area contributed by atoms with Crippen LogP contribution in [0.5, 0.6) is 17.2 Å². The smallest absolute Gasteiger partial charge is 0.224 e. The molecule has 0 saturated heterocycles. The average Bonchev–Trinajstić information content (AvgIpc) is 2.55. The van der Waals surface area contributed by atoms with Crippen molar-refractivity contribution in [1.82, 2.24) is 5.32 Å². The lowest BCUT2D eigenvalue weighted by Gasteiger charge is -2.29. The van der Waals surface area contributed by atoms with Crippen molar-refractivity contribution in [3.8, 4) is 17.2 Å². The molecule has 23 heavy (non-hydrogen) atoms. The van der Waals surface area contributed by atoms with E-state index in [9.17, 15) is 4.79 Å². The Morgan fingerprint density at radius 2 is 1.70 bits per heavy atom. The van der Waals surface area contributed by atoms with E-state index in [1.54, 1.807) is 21.3 Å². The predicted octanol–water partition coefficient (Wildman–Crippen LogP) is 2.95. The zero-order valence-corrected chi connectivity index (χ0v) is 14.5. The number of amides is 1. The average molecular weight is 321 g/mol. The molecule has 1 aromatic rings. The van der Waals surface area contributed by atoms with E-state index in [0.717, 1.165) is 12.0 Å². The van der Waals surface area contributed by atoms with Crippen LogP contribution in [0.2, 0.25) is 0 Å². The summed E-state index contributed by atoms with van der Waals surface area (Å²) in [5.74, 6) is 2.27. The third-order valence-electron chi connectivity index (χ3n) is 4.55. The number of hydrogen-bond donors (Lipinski definition) is 1. The number of hydrogen-bond acceptors (Lipinski definition) is 4. The minimum absolute atomic E-state index is 0.0398. The Kier molecular flexibility index (Phi) is 6.13. The molecule has 0 heterocycles. The maximum absolute atomic E-state index is 12.4. The number of ether oxygens (including phenoxy) is 3. The van der Waals surface area contributed by atoms with Crippen LogP contribution in [0.1, 0.15) is 38.2 Å². The molecule has 5 nitrogen and oxygen atoms in total. The molecule has 2 atom stereocenters. The molecule has 0 unspecified atom stereocenters. The van der Waals surface area contributed by atoms with Crippen LogP contribution in [0.15, 0.2) is 12.1 Å². The fourth-order valence-electron chi connectivity index (χ4n) is 3.21. The Labute approximate surface area is 138 Å². The molecule has 1 saturated carbocycles. The van der Waals surface area contributed by atoms with Gasteiger partial charge in [-0.15, -0.1) is 0 Å². The molecule has 2 rings (SSSR count). The monoisotopic (exact) mass is 321 g/mol. The van der Waals surface area contributed by atoms with E-state index in [4.69, 9.17) is 14.2 Å². The van der Waals surface area contributed by atoms with Gasteiger partial charge in [0.2, 0.25) is 11.7 Å². The van der Waals surface area contributed by atoms with Gasteiger partial charge in [-0.05, 0) is 36.5 Å². The first-order chi connectivity index (χ1) is 11.1. The normalized spacial score (nSPS) is 20.7. The van der Waals surface area contributed by atoms with E-state index >= 15 is 0 Å². The van der Waals surface area contributed by atoms with Crippen LogP contribution in [-0.2, 0) is 11.2 Å². The van der Waals surface area contributed by atoms with Gasteiger partial charge in [-0.25, -0.2) is 0 Å². The minimum atomic E-state index is 0.0398. The molecule has 5 heteroatoms. The van der Waals surface area contributed by atoms with Crippen molar-refractivity contribution in [3.63, 3.8) is 0 Å². The Balaban J connectivity index is 2.08. The van der Waals surface area contributed by atoms with Gasteiger partial charge in [0.15, 0.2) is 11.5 Å². The lowest BCUT2D eigenvalue weighted by molar-refractivity contribution is -0.121. The van der Waals surface area contributed by atoms with Crippen LogP contribution >= 0.6 is 0 Å². The van der Waals surface area contributed by atoms with Gasteiger partial charge in [0, 0.05) is 6.04 Å². The largest absolute Gasteiger partial charge is 0.493 e. The summed E-state index contributed by atoms with van der Waals surface area (Å²) < 4.78 is 16.0. The summed E-state index contributed by atoms with van der Waals surface area (Å²) in [6.45, 7) is 2.21. The molecule has 1 aromatic carbocycles. The van der Waals surface area contributed by atoms with Gasteiger partial charge in [-0.2, -0.15) is 0 Å². The van der Waals surface area contributed by atoms with Crippen molar-refractivity contribution in [2.45, 2.75) is 45.1 Å². The van der Waals surface area contributed by atoms with Crippen LogP contribution in [0, 0.1) is 5.92 Å². The van der Waals surface area contributed by atoms with Gasteiger partial charge in [0.05, 0.1) is 27.8 Å². The Bertz CT molecular complexity index is 519. The van der Waals surface area contributed by atoms with Gasteiger partial charge in [0.25, 0.3) is 0 Å². The third-order valence-corrected chi connectivity index (χ3v) is 4.55. The van der Waals surface area contributed by atoms with E-state index in [1.807, 2.05) is 12.1 Å². The van der Waals surface area contributed by atoms with E-state index in [-0.39, 0.29) is 5.91 Å². The second-order valence-corrected chi connectivity index (χ2v) is 6.15. The van der Waals surface area contributed by atoms with Crippen molar-refractivity contribution < 1.29 is 19.0 Å². The first-order valence-electron chi connectivity index (χ1n) is 8.17. The number of methoxy groups -OCH3 is 3. The number of nitrogens with one attached hydrogen (secondary N) is 1. The second-order valence-electron chi connectivity index (χ2n) is 6.15. The molecular weight excluding hydrogens is 294 g/mol. The highest BCUT2D eigenvalue weighted by atomic mass is 16.5. The zero-order valence-electron chi connectivity index (χ0n) is 14.5. The van der Waals surface area contributed by atoms with E-state index in [2.05, 4.69) is 12.2 Å². The summed E-state index contributed by atoms with van der Waals surface area (Å²) >= 11 is 0. The van der Waals surface area contributed by atoms with Gasteiger partial charge >= 0.3 is 0 Å². The highest BCUT2D eigenvalue weighted by molar-refractivity contribution is 5.79. The first-order valence-corrected chi connectivity index (χ1v) is 8.17. The molecule has 1 aliphatic carbocycles. The molecule has 1 amide bonds. The fourth-order valence-corrected chi connectivity index (χ4v) is 3.21. The van der Waals surface area contributed by atoms with Gasteiger partial charge in [0.1, 0.15) is 0 Å². The third kappa shape index (κ3) is 4.30. The van der Waals surface area contributed by atoms with Gasteiger partial charge in [-0.3, -0.25) is 4.79 Å². The van der Waals surface area contributed by atoms with Crippen molar-refractivity contribution >= 4 is 5.91 Å². The first kappa shape index (κ1) is 17.4. The highest BCUT2D eigenvalue weighted by Gasteiger charge is 2.23. The summed E-state index contributed by atoms with van der Waals surface area (Å²) in [4.78, 5) is 12.4. The van der Waals surface area contributed by atoms with Crippen LogP contribution in [0.3, 0.4) is 0 Å². The summed E-state index contributed by atoms with van der Waals surface area (Å²) in [6, 6.07) is 3.94. The van der Waals surface area contributed by atoms with E-state index in [1.165, 1.54) is 19.3 Å². The summed E-state index contributed by atoms with van der Waals surface area (Å²) in [5.41, 5.74) is 0.848. The Morgan fingerprint density at radius 3 is 2.22 bits per heavy atom. The number of carbonyl (C=O) groups is 1. The lowest BCUT2D eigenvalue weighted by Crippen LogP contribution is -2.41. The standard InChI is InChI=1S/C18H27NO4/c1-12-7-5-6-8-14(12)19-17(20)11-13-9-15(21-2)18(23-4)16(10-13)22-3/h9-10,12,14H,5-8,11H2,1-4H3,(H,19,20)/t12-,14-/m0/s1. The minimum Gasteiger partial charge on any atom is -0.493 e. The molecule has 128 valence electrons. The number of rotatable bonds is 6. The topological polar surface area (TPSA) is 56.8 Å². The van der Waals surface area contributed by atoms with Crippen LogP contribution < -0.4 is 19.5 Å². The van der Waals surface area contributed by atoms with Gasteiger partial charge in [-0.1, -0.05) is 19.8 Å². The molecular formula is C18H27NO4. The van der Waals surface area contributed by atoms with E-state index in [0.29, 0.717) is 35.6 Å². The Hall–Kier alpha value is -1.91. The number of carbonyl (C=O) groups excluding carboxylic acids is 1. The van der Waals surface area contributed by atoms with Crippen molar-refractivity contribution in [3.05, 3.63) is 17.7 Å². The van der Waals surface area contributed by atoms with Gasteiger partial charge < -0.3 is 19.5 Å². The molecule has 1 aliphatic rings. The number of benzene rings is 1. The summed E-state index contributed by atoms with van der Waals surface area (Å²) in [6.07, 6.45) is 5.02. The summed E-state index contributed by atoms with van der Waals surface area (Å²) in [5, 5.41) is 3.17.